The summed E-state index contributed by atoms with van der Waals surface area (Å²) in [5.74, 6) is -8.58. The topological polar surface area (TPSA) is 97.8 Å². The third-order valence-electron chi connectivity index (χ3n) is 6.56. The van der Waals surface area contributed by atoms with E-state index in [1.165, 1.54) is 0 Å². The van der Waals surface area contributed by atoms with Gasteiger partial charge in [-0.2, -0.15) is 13.2 Å². The summed E-state index contributed by atoms with van der Waals surface area (Å²) in [6, 6.07) is 12.7. The second-order valence-corrected chi connectivity index (χ2v) is 11.2. The smallest absolute Gasteiger partial charge is 0.417 e. The highest BCUT2D eigenvalue weighted by Crippen LogP contribution is 2.42. The molecule has 0 unspecified atom stereocenters. The summed E-state index contributed by atoms with van der Waals surface area (Å²) in [7, 11) is 0. The zero-order chi connectivity index (χ0) is 31.5. The first kappa shape index (κ1) is 32.7. The summed E-state index contributed by atoms with van der Waals surface area (Å²) in [6.45, 7) is 6.15. The molecule has 0 radical (unpaired) electrons. The fourth-order valence-electron chi connectivity index (χ4n) is 4.77. The molecule has 0 fully saturated rings. The number of ether oxygens (including phenoxy) is 1. The largest absolute Gasteiger partial charge is 0.491 e. The Bertz CT molecular complexity index is 1400. The molecule has 1 aromatic heterocycles. The average Bonchev–Trinajstić information content (AvgIpc) is 3.28. The van der Waals surface area contributed by atoms with Crippen molar-refractivity contribution in [1.29, 1.82) is 0 Å². The molecule has 42 heavy (non-hydrogen) atoms. The Morgan fingerprint density at radius 1 is 1.02 bits per heavy atom. The van der Waals surface area contributed by atoms with Gasteiger partial charge in [0.25, 0.3) is 11.7 Å². The number of amides is 1. The van der Waals surface area contributed by atoms with Crippen molar-refractivity contribution in [2.75, 3.05) is 13.1 Å². The maximum atomic E-state index is 14.9. The maximum Gasteiger partial charge on any atom is 0.491 e. The summed E-state index contributed by atoms with van der Waals surface area (Å²) in [5, 5.41) is 10.7. The molecule has 1 heterocycles. The van der Waals surface area contributed by atoms with Gasteiger partial charge in [0.2, 0.25) is 0 Å². The number of rotatable bonds is 10. The van der Waals surface area contributed by atoms with Crippen LogP contribution in [0.4, 0.5) is 22.0 Å². The fourth-order valence-corrected chi connectivity index (χ4v) is 4.77. The molecule has 3 rings (SSSR count). The van der Waals surface area contributed by atoms with E-state index in [-0.39, 0.29) is 37.2 Å². The SMILES string of the molecule is CC(C)(C)[C@H](c1cc(-c2cc(F)ccc2F)cn1Cc1ccccc1)N(CCCN)C(=O)[C@@](C)(O)OC(=O)C(F)(F)F. The van der Waals surface area contributed by atoms with Crippen LogP contribution < -0.4 is 5.73 Å². The van der Waals surface area contributed by atoms with Crippen molar-refractivity contribution in [1.82, 2.24) is 9.47 Å². The van der Waals surface area contributed by atoms with Gasteiger partial charge >= 0.3 is 12.1 Å². The predicted octanol–water partition coefficient (Wildman–Crippen LogP) is 5.56. The lowest BCUT2D eigenvalue weighted by atomic mass is 9.82. The van der Waals surface area contributed by atoms with Crippen molar-refractivity contribution < 1.29 is 41.4 Å². The van der Waals surface area contributed by atoms with Gasteiger partial charge in [-0.05, 0) is 48.2 Å². The number of esters is 1. The highest BCUT2D eigenvalue weighted by molar-refractivity contribution is 5.87. The van der Waals surface area contributed by atoms with Gasteiger partial charge in [-0.1, -0.05) is 51.1 Å². The van der Waals surface area contributed by atoms with E-state index >= 15 is 0 Å². The normalized spacial score (nSPS) is 14.3. The van der Waals surface area contributed by atoms with Gasteiger partial charge in [0, 0.05) is 43.0 Å². The Kier molecular flexibility index (Phi) is 9.84. The molecule has 2 atom stereocenters. The Labute approximate surface area is 240 Å². The van der Waals surface area contributed by atoms with Gasteiger partial charge in [-0.3, -0.25) is 4.79 Å². The van der Waals surface area contributed by atoms with Crippen LogP contribution in [-0.4, -0.2) is 51.5 Å². The minimum Gasteiger partial charge on any atom is -0.417 e. The van der Waals surface area contributed by atoms with E-state index in [0.717, 1.165) is 28.7 Å². The molecule has 0 saturated carbocycles. The molecule has 0 aliphatic carbocycles. The van der Waals surface area contributed by atoms with Crippen molar-refractivity contribution in [2.24, 2.45) is 11.1 Å². The van der Waals surface area contributed by atoms with Gasteiger partial charge < -0.3 is 25.0 Å². The third kappa shape index (κ3) is 7.74. The molecule has 228 valence electrons. The number of nitrogens with two attached hydrogens (primary N) is 1. The van der Waals surface area contributed by atoms with Crippen molar-refractivity contribution in [3.05, 3.63) is 83.7 Å². The summed E-state index contributed by atoms with van der Waals surface area (Å²) in [5.41, 5.74) is 6.34. The first-order valence-corrected chi connectivity index (χ1v) is 13.2. The number of carbonyl (C=O) groups is 2. The molecule has 12 heteroatoms. The number of aliphatic hydroxyl groups is 1. The Morgan fingerprint density at radius 2 is 1.67 bits per heavy atom. The minimum atomic E-state index is -5.45. The lowest BCUT2D eigenvalue weighted by molar-refractivity contribution is -0.244. The number of benzene rings is 2. The number of alkyl halides is 3. The van der Waals surface area contributed by atoms with Gasteiger partial charge in [0.1, 0.15) is 11.6 Å². The Morgan fingerprint density at radius 3 is 2.24 bits per heavy atom. The van der Waals surface area contributed by atoms with Crippen molar-refractivity contribution >= 4 is 11.9 Å². The van der Waals surface area contributed by atoms with Gasteiger partial charge in [0.05, 0.1) is 6.04 Å². The standard InChI is InChI=1S/C30H34F5N3O4/c1-28(2,3)25(38(14-8-13-36)26(39)29(4,41)42-27(40)30(33,34)35)24-15-20(22-16-21(31)11-12-23(22)32)18-37(24)17-19-9-6-5-7-10-19/h5-7,9-12,15-16,18,25,41H,8,13-14,17,36H2,1-4H3/t25-,29-/m0/s1. The zero-order valence-corrected chi connectivity index (χ0v) is 23.7. The first-order chi connectivity index (χ1) is 19.5. The minimum absolute atomic E-state index is 0.0401. The molecule has 0 aliphatic rings. The maximum absolute atomic E-state index is 14.9. The highest BCUT2D eigenvalue weighted by Gasteiger charge is 2.50. The Balaban J connectivity index is 2.22. The molecule has 2 aromatic carbocycles. The number of halogens is 5. The number of nitrogens with zero attached hydrogens (tertiary/aromatic N) is 2. The summed E-state index contributed by atoms with van der Waals surface area (Å²) in [6.07, 6.45) is -3.68. The van der Waals surface area contributed by atoms with Crippen LogP contribution in [0.2, 0.25) is 0 Å². The van der Waals surface area contributed by atoms with Crippen LogP contribution >= 0.6 is 0 Å². The third-order valence-corrected chi connectivity index (χ3v) is 6.56. The van der Waals surface area contributed by atoms with Crippen LogP contribution in [0.15, 0.2) is 60.8 Å². The number of hydrogen-bond donors (Lipinski definition) is 2. The lowest BCUT2D eigenvalue weighted by Gasteiger charge is -2.43. The molecule has 0 aliphatic heterocycles. The highest BCUT2D eigenvalue weighted by atomic mass is 19.4. The van der Waals surface area contributed by atoms with Gasteiger partial charge in [0.15, 0.2) is 0 Å². The van der Waals surface area contributed by atoms with E-state index in [1.54, 1.807) is 37.6 Å². The van der Waals surface area contributed by atoms with E-state index in [0.29, 0.717) is 12.6 Å². The fraction of sp³-hybridized carbons (Fsp3) is 0.400. The lowest BCUT2D eigenvalue weighted by Crippen LogP contribution is -2.54. The zero-order valence-electron chi connectivity index (χ0n) is 23.7. The molecule has 1 amide bonds. The van der Waals surface area contributed by atoms with E-state index in [4.69, 9.17) is 5.73 Å². The van der Waals surface area contributed by atoms with Crippen molar-refractivity contribution in [3.63, 3.8) is 0 Å². The van der Waals surface area contributed by atoms with Crippen LogP contribution in [0.3, 0.4) is 0 Å². The number of aromatic nitrogens is 1. The predicted molar refractivity (Wildman–Crippen MR) is 146 cm³/mol. The van der Waals surface area contributed by atoms with E-state index in [9.17, 15) is 36.6 Å². The molecule has 0 spiro atoms. The number of carbonyl (C=O) groups excluding carboxylic acids is 2. The van der Waals surface area contributed by atoms with Crippen LogP contribution in [0.5, 0.6) is 0 Å². The monoisotopic (exact) mass is 595 g/mol. The second kappa shape index (κ2) is 12.6. The average molecular weight is 596 g/mol. The molecular formula is C30H34F5N3O4. The first-order valence-electron chi connectivity index (χ1n) is 13.2. The molecule has 3 N–H and O–H groups in total. The van der Waals surface area contributed by atoms with Crippen LogP contribution in [0, 0.1) is 17.0 Å². The second-order valence-electron chi connectivity index (χ2n) is 11.2. The number of hydrogen-bond acceptors (Lipinski definition) is 5. The van der Waals surface area contributed by atoms with Crippen molar-refractivity contribution in [3.8, 4) is 11.1 Å². The molecule has 7 nitrogen and oxygen atoms in total. The van der Waals surface area contributed by atoms with E-state index in [1.807, 2.05) is 30.3 Å². The summed E-state index contributed by atoms with van der Waals surface area (Å²) < 4.78 is 73.8. The van der Waals surface area contributed by atoms with Gasteiger partial charge in [-0.15, -0.1) is 0 Å². The molecular weight excluding hydrogens is 561 g/mol. The quantitative estimate of drug-likeness (QED) is 0.182. The summed E-state index contributed by atoms with van der Waals surface area (Å²) in [4.78, 5) is 26.4. The van der Waals surface area contributed by atoms with Crippen LogP contribution in [0.25, 0.3) is 11.1 Å². The summed E-state index contributed by atoms with van der Waals surface area (Å²) >= 11 is 0. The van der Waals surface area contributed by atoms with Crippen LogP contribution in [0.1, 0.15) is 51.4 Å². The molecule has 0 saturated heterocycles. The van der Waals surface area contributed by atoms with Crippen molar-refractivity contribution in [2.45, 2.75) is 58.7 Å². The van der Waals surface area contributed by atoms with E-state index < -0.39 is 46.9 Å². The molecule has 0 bridgehead atoms. The molecule has 3 aromatic rings. The Hall–Kier alpha value is -3.77. The van der Waals surface area contributed by atoms with E-state index in [2.05, 4.69) is 4.74 Å². The van der Waals surface area contributed by atoms with Crippen LogP contribution in [-0.2, 0) is 20.9 Å². The van der Waals surface area contributed by atoms with Gasteiger partial charge in [-0.25, -0.2) is 13.6 Å².